The van der Waals surface area contributed by atoms with Gasteiger partial charge in [-0.1, -0.05) is 35.8 Å². The number of amides is 1. The van der Waals surface area contributed by atoms with Crippen LogP contribution in [-0.4, -0.2) is 24.4 Å². The van der Waals surface area contributed by atoms with Crippen LogP contribution in [0.2, 0.25) is 0 Å². The molecule has 0 aromatic heterocycles. The molecule has 0 aliphatic rings. The maximum Gasteiger partial charge on any atom is 0.258 e. The number of hydrogen-bond acceptors (Lipinski definition) is 2. The number of alkyl halides is 1. The Balaban J connectivity index is 2.94. The van der Waals surface area contributed by atoms with Gasteiger partial charge in [0.25, 0.3) is 5.91 Å². The first-order valence-corrected chi connectivity index (χ1v) is 7.32. The highest BCUT2D eigenvalue weighted by Gasteiger charge is 2.21. The lowest BCUT2D eigenvalue weighted by Gasteiger charge is -2.22. The van der Waals surface area contributed by atoms with Gasteiger partial charge in [0.2, 0.25) is 0 Å². The molecule has 0 radical (unpaired) electrons. The summed E-state index contributed by atoms with van der Waals surface area (Å²) in [5.41, 5.74) is -0.0368. The molecule has 0 aliphatic heterocycles. The Bertz CT molecular complexity index is 437. The van der Waals surface area contributed by atoms with Crippen molar-refractivity contribution in [3.05, 3.63) is 29.6 Å². The molecule has 0 saturated heterocycles. The van der Waals surface area contributed by atoms with Gasteiger partial charge in [0.15, 0.2) is 0 Å². The van der Waals surface area contributed by atoms with Crippen LogP contribution in [0.3, 0.4) is 0 Å². The molecule has 1 rings (SSSR count). The van der Waals surface area contributed by atoms with Gasteiger partial charge < -0.3 is 10.1 Å². The highest BCUT2D eigenvalue weighted by Crippen LogP contribution is 2.21. The molecule has 1 aromatic carbocycles. The van der Waals surface area contributed by atoms with E-state index in [1.54, 1.807) is 6.07 Å². The topological polar surface area (TPSA) is 38.3 Å². The zero-order valence-electron chi connectivity index (χ0n) is 11.4. The number of carbonyl (C=O) groups excluding carboxylic acids is 1. The Morgan fingerprint density at radius 1 is 1.47 bits per heavy atom. The third-order valence-corrected chi connectivity index (χ3v) is 3.42. The molecule has 3 nitrogen and oxygen atoms in total. The molecule has 1 atom stereocenters. The molecule has 0 saturated carbocycles. The van der Waals surface area contributed by atoms with Crippen LogP contribution in [0.25, 0.3) is 0 Å². The molecular weight excluding hydrogens is 313 g/mol. The van der Waals surface area contributed by atoms with E-state index in [1.807, 2.05) is 13.8 Å². The molecule has 0 heterocycles. The van der Waals surface area contributed by atoms with Crippen LogP contribution < -0.4 is 10.1 Å². The molecular formula is C14H19BrFNO2. The Kier molecular flexibility index (Phi) is 6.28. The average molecular weight is 332 g/mol. The van der Waals surface area contributed by atoms with Crippen LogP contribution in [-0.2, 0) is 0 Å². The van der Waals surface area contributed by atoms with Crippen molar-refractivity contribution in [1.29, 1.82) is 0 Å². The predicted molar refractivity (Wildman–Crippen MR) is 77.5 cm³/mol. The number of benzene rings is 1. The van der Waals surface area contributed by atoms with E-state index < -0.39 is 11.7 Å². The van der Waals surface area contributed by atoms with Crippen molar-refractivity contribution in [2.45, 2.75) is 26.3 Å². The maximum atomic E-state index is 13.8. The molecule has 0 fully saturated rings. The first kappa shape index (κ1) is 16.0. The smallest absolute Gasteiger partial charge is 0.258 e. The largest absolute Gasteiger partial charge is 0.496 e. The second kappa shape index (κ2) is 7.48. The van der Waals surface area contributed by atoms with Crippen LogP contribution in [0.4, 0.5) is 4.39 Å². The first-order valence-electron chi connectivity index (χ1n) is 6.20. The summed E-state index contributed by atoms with van der Waals surface area (Å²) >= 11 is 3.36. The summed E-state index contributed by atoms with van der Waals surface area (Å²) in [6, 6.07) is 4.35. The molecule has 0 aliphatic carbocycles. The van der Waals surface area contributed by atoms with Crippen molar-refractivity contribution in [3.63, 3.8) is 0 Å². The van der Waals surface area contributed by atoms with Crippen LogP contribution in [0.15, 0.2) is 18.2 Å². The molecule has 1 aromatic rings. The van der Waals surface area contributed by atoms with Crippen molar-refractivity contribution in [3.8, 4) is 5.75 Å². The zero-order valence-corrected chi connectivity index (χ0v) is 13.0. The summed E-state index contributed by atoms with van der Waals surface area (Å²) < 4.78 is 18.8. The lowest BCUT2D eigenvalue weighted by molar-refractivity contribution is 0.0917. The molecule has 19 heavy (non-hydrogen) atoms. The molecule has 0 spiro atoms. The van der Waals surface area contributed by atoms with Gasteiger partial charge in [0, 0.05) is 11.4 Å². The quantitative estimate of drug-likeness (QED) is 0.811. The highest BCUT2D eigenvalue weighted by atomic mass is 79.9. The SMILES string of the molecule is COc1cccc(F)c1C(=O)NC(CCBr)C(C)C. The van der Waals surface area contributed by atoms with Crippen molar-refractivity contribution in [2.24, 2.45) is 5.92 Å². The van der Waals surface area contributed by atoms with E-state index in [1.165, 1.54) is 19.2 Å². The monoisotopic (exact) mass is 331 g/mol. The fourth-order valence-corrected chi connectivity index (χ4v) is 2.32. The predicted octanol–water partition coefficient (Wildman–Crippen LogP) is 3.37. The molecule has 1 N–H and O–H groups in total. The Morgan fingerprint density at radius 2 is 2.16 bits per heavy atom. The molecule has 5 heteroatoms. The number of halogens is 2. The fraction of sp³-hybridized carbons (Fsp3) is 0.500. The number of nitrogens with one attached hydrogen (secondary N) is 1. The van der Waals surface area contributed by atoms with Gasteiger partial charge in [-0.3, -0.25) is 4.79 Å². The highest BCUT2D eigenvalue weighted by molar-refractivity contribution is 9.09. The van der Waals surface area contributed by atoms with E-state index in [0.717, 1.165) is 11.8 Å². The van der Waals surface area contributed by atoms with Crippen molar-refractivity contribution >= 4 is 21.8 Å². The van der Waals surface area contributed by atoms with Gasteiger partial charge >= 0.3 is 0 Å². The lowest BCUT2D eigenvalue weighted by Crippen LogP contribution is -2.39. The maximum absolute atomic E-state index is 13.8. The van der Waals surface area contributed by atoms with E-state index in [9.17, 15) is 9.18 Å². The normalized spacial score (nSPS) is 12.3. The zero-order chi connectivity index (χ0) is 14.4. The number of rotatable bonds is 6. The number of ether oxygens (including phenoxy) is 1. The number of hydrogen-bond donors (Lipinski definition) is 1. The minimum Gasteiger partial charge on any atom is -0.496 e. The summed E-state index contributed by atoms with van der Waals surface area (Å²) in [7, 11) is 1.42. The van der Waals surface area contributed by atoms with Gasteiger partial charge in [-0.15, -0.1) is 0 Å². The summed E-state index contributed by atoms with van der Waals surface area (Å²) in [4.78, 5) is 12.2. The van der Waals surface area contributed by atoms with Crippen LogP contribution in [0.1, 0.15) is 30.6 Å². The van der Waals surface area contributed by atoms with Gasteiger partial charge in [0.05, 0.1) is 7.11 Å². The van der Waals surface area contributed by atoms with E-state index in [4.69, 9.17) is 4.74 Å². The van der Waals surface area contributed by atoms with Crippen molar-refractivity contribution in [2.75, 3.05) is 12.4 Å². The molecule has 106 valence electrons. The standard InChI is InChI=1S/C14H19BrFNO2/c1-9(2)11(7-8-15)17-14(18)13-10(16)5-4-6-12(13)19-3/h4-6,9,11H,7-8H2,1-3H3,(H,17,18). The van der Waals surface area contributed by atoms with E-state index >= 15 is 0 Å². The second-order valence-electron chi connectivity index (χ2n) is 4.62. The van der Waals surface area contributed by atoms with Gasteiger partial charge in [-0.2, -0.15) is 0 Å². The van der Waals surface area contributed by atoms with E-state index in [-0.39, 0.29) is 23.3 Å². The van der Waals surface area contributed by atoms with Crippen LogP contribution >= 0.6 is 15.9 Å². The van der Waals surface area contributed by atoms with Crippen LogP contribution in [0.5, 0.6) is 5.75 Å². The number of methoxy groups -OCH3 is 1. The summed E-state index contributed by atoms with van der Waals surface area (Å²) in [6.07, 6.45) is 0.792. The minimum atomic E-state index is -0.571. The average Bonchev–Trinajstić information content (AvgIpc) is 2.37. The second-order valence-corrected chi connectivity index (χ2v) is 5.41. The molecule has 1 unspecified atom stereocenters. The summed E-state index contributed by atoms with van der Waals surface area (Å²) in [5, 5.41) is 3.64. The summed E-state index contributed by atoms with van der Waals surface area (Å²) in [6.45, 7) is 4.04. The molecule has 0 bridgehead atoms. The third-order valence-electron chi connectivity index (χ3n) is 2.96. The fourth-order valence-electron chi connectivity index (χ4n) is 1.83. The van der Waals surface area contributed by atoms with Gasteiger partial charge in [-0.05, 0) is 24.5 Å². The Morgan fingerprint density at radius 3 is 2.68 bits per heavy atom. The molecule has 1 amide bonds. The number of carbonyl (C=O) groups is 1. The lowest BCUT2D eigenvalue weighted by atomic mass is 10.0. The van der Waals surface area contributed by atoms with Crippen molar-refractivity contribution in [1.82, 2.24) is 5.32 Å². The van der Waals surface area contributed by atoms with Gasteiger partial charge in [0.1, 0.15) is 17.1 Å². The Hall–Kier alpha value is -1.10. The van der Waals surface area contributed by atoms with E-state index in [2.05, 4.69) is 21.2 Å². The minimum absolute atomic E-state index is 0.00353. The first-order chi connectivity index (χ1) is 9.01. The van der Waals surface area contributed by atoms with Crippen LogP contribution in [0, 0.1) is 11.7 Å². The summed E-state index contributed by atoms with van der Waals surface area (Å²) in [5.74, 6) is -0.481. The third kappa shape index (κ3) is 4.20. The van der Waals surface area contributed by atoms with E-state index in [0.29, 0.717) is 0 Å². The Labute approximate surface area is 121 Å². The van der Waals surface area contributed by atoms with Gasteiger partial charge in [-0.25, -0.2) is 4.39 Å². The van der Waals surface area contributed by atoms with Crippen molar-refractivity contribution < 1.29 is 13.9 Å².